The number of halogens is 1. The molecule has 1 aliphatic heterocycles. The summed E-state index contributed by atoms with van der Waals surface area (Å²) in [5, 5.41) is 12.7. The van der Waals surface area contributed by atoms with Gasteiger partial charge < -0.3 is 15.2 Å². The maximum atomic E-state index is 12.3. The summed E-state index contributed by atoms with van der Waals surface area (Å²) >= 11 is 3.50. The lowest BCUT2D eigenvalue weighted by Gasteiger charge is -2.08. The number of rotatable bonds is 3. The zero-order valence-electron chi connectivity index (χ0n) is 12.8. The van der Waals surface area contributed by atoms with Crippen molar-refractivity contribution in [3.8, 4) is 11.5 Å². The van der Waals surface area contributed by atoms with E-state index in [1.807, 2.05) is 32.1 Å². The molecule has 1 aliphatic rings. The van der Waals surface area contributed by atoms with E-state index in [2.05, 4.69) is 21.2 Å². The molecule has 4 nitrogen and oxygen atoms in total. The van der Waals surface area contributed by atoms with E-state index in [-0.39, 0.29) is 11.7 Å². The minimum atomic E-state index is -0.132. The molecule has 0 saturated heterocycles. The largest absolute Gasteiger partial charge is 0.504 e. The third-order valence-electron chi connectivity index (χ3n) is 3.76. The van der Waals surface area contributed by atoms with E-state index in [1.54, 1.807) is 18.2 Å². The summed E-state index contributed by atoms with van der Waals surface area (Å²) in [6, 6.07) is 8.85. The van der Waals surface area contributed by atoms with Crippen LogP contribution in [0.3, 0.4) is 0 Å². The molecular formula is C18H16BrNO3. The van der Waals surface area contributed by atoms with Gasteiger partial charge in [0.25, 0.3) is 5.91 Å². The lowest BCUT2D eigenvalue weighted by molar-refractivity contribution is -0.110. The topological polar surface area (TPSA) is 58.6 Å². The average molecular weight is 374 g/mol. The second kappa shape index (κ2) is 6.08. The van der Waals surface area contributed by atoms with Crippen LogP contribution in [0.1, 0.15) is 23.6 Å². The summed E-state index contributed by atoms with van der Waals surface area (Å²) in [5.74, 6) is 0.364. The Bertz CT molecular complexity index is 827. The lowest BCUT2D eigenvalue weighted by atomic mass is 9.99. The predicted octanol–water partition coefficient (Wildman–Crippen LogP) is 4.35. The normalized spacial score (nSPS) is 14.7. The fourth-order valence-corrected chi connectivity index (χ4v) is 2.97. The molecule has 23 heavy (non-hydrogen) atoms. The first-order valence-electron chi connectivity index (χ1n) is 7.29. The maximum absolute atomic E-state index is 12.3. The number of carbonyl (C=O) groups excluding carboxylic acids is 1. The van der Waals surface area contributed by atoms with E-state index in [4.69, 9.17) is 4.74 Å². The maximum Gasteiger partial charge on any atom is 0.256 e. The summed E-state index contributed by atoms with van der Waals surface area (Å²) in [4.78, 5) is 12.3. The quantitative estimate of drug-likeness (QED) is 0.786. The van der Waals surface area contributed by atoms with Gasteiger partial charge in [-0.1, -0.05) is 22.0 Å². The Morgan fingerprint density at radius 1 is 1.30 bits per heavy atom. The number of anilines is 1. The third-order valence-corrected chi connectivity index (χ3v) is 4.61. The first-order valence-corrected chi connectivity index (χ1v) is 8.09. The molecule has 0 aliphatic carbocycles. The number of fused-ring (bicyclic) bond motifs is 1. The van der Waals surface area contributed by atoms with Crippen LogP contribution >= 0.6 is 15.9 Å². The lowest BCUT2D eigenvalue weighted by Crippen LogP contribution is -2.03. The smallest absolute Gasteiger partial charge is 0.256 e. The highest BCUT2D eigenvalue weighted by Crippen LogP contribution is 2.39. The molecule has 1 amide bonds. The van der Waals surface area contributed by atoms with Gasteiger partial charge in [-0.3, -0.25) is 4.79 Å². The van der Waals surface area contributed by atoms with Crippen molar-refractivity contribution in [2.75, 3.05) is 11.9 Å². The van der Waals surface area contributed by atoms with E-state index < -0.39 is 0 Å². The van der Waals surface area contributed by atoms with Gasteiger partial charge in [0.05, 0.1) is 6.61 Å². The Hall–Kier alpha value is -2.27. The monoisotopic (exact) mass is 373 g/mol. The number of phenols is 1. The zero-order valence-corrected chi connectivity index (χ0v) is 14.4. The molecule has 2 aromatic carbocycles. The zero-order chi connectivity index (χ0) is 16.6. The molecular weight excluding hydrogens is 358 g/mol. The van der Waals surface area contributed by atoms with E-state index in [1.165, 1.54) is 0 Å². The number of benzene rings is 2. The average Bonchev–Trinajstić information content (AvgIpc) is 2.83. The van der Waals surface area contributed by atoms with Gasteiger partial charge >= 0.3 is 0 Å². The van der Waals surface area contributed by atoms with E-state index >= 15 is 0 Å². The molecule has 2 N–H and O–H groups in total. The van der Waals surface area contributed by atoms with Crippen LogP contribution in [0, 0.1) is 6.92 Å². The van der Waals surface area contributed by atoms with Crippen molar-refractivity contribution in [1.82, 2.24) is 0 Å². The summed E-state index contributed by atoms with van der Waals surface area (Å²) in [7, 11) is 0. The van der Waals surface area contributed by atoms with Crippen LogP contribution in [-0.4, -0.2) is 17.6 Å². The van der Waals surface area contributed by atoms with Crippen LogP contribution in [0.15, 0.2) is 34.8 Å². The highest BCUT2D eigenvalue weighted by atomic mass is 79.9. The second-order valence-corrected chi connectivity index (χ2v) is 6.12. The molecule has 0 unspecified atom stereocenters. The molecule has 5 heteroatoms. The summed E-state index contributed by atoms with van der Waals surface area (Å²) in [6.07, 6.45) is 1.81. The van der Waals surface area contributed by atoms with Gasteiger partial charge in [-0.25, -0.2) is 0 Å². The highest BCUT2D eigenvalue weighted by Gasteiger charge is 2.26. The first kappa shape index (κ1) is 15.6. The minimum absolute atomic E-state index is 0.0872. The van der Waals surface area contributed by atoms with Gasteiger partial charge in [0.15, 0.2) is 11.5 Å². The molecule has 0 bridgehead atoms. The Morgan fingerprint density at radius 2 is 2.09 bits per heavy atom. The minimum Gasteiger partial charge on any atom is -0.504 e. The third kappa shape index (κ3) is 2.84. The van der Waals surface area contributed by atoms with Gasteiger partial charge in [0.1, 0.15) is 0 Å². The number of hydrogen-bond donors (Lipinski definition) is 2. The molecule has 0 aromatic heterocycles. The van der Waals surface area contributed by atoms with E-state index in [0.29, 0.717) is 17.9 Å². The summed E-state index contributed by atoms with van der Waals surface area (Å²) in [5.41, 5.74) is 4.12. The van der Waals surface area contributed by atoms with E-state index in [9.17, 15) is 9.90 Å². The molecule has 118 valence electrons. The highest BCUT2D eigenvalue weighted by molar-refractivity contribution is 9.10. The fourth-order valence-electron chi connectivity index (χ4n) is 2.64. The number of hydrogen-bond acceptors (Lipinski definition) is 3. The molecule has 0 saturated carbocycles. The van der Waals surface area contributed by atoms with Crippen molar-refractivity contribution in [3.63, 3.8) is 0 Å². The van der Waals surface area contributed by atoms with Crippen LogP contribution < -0.4 is 10.1 Å². The molecule has 0 atom stereocenters. The van der Waals surface area contributed by atoms with Crippen LogP contribution in [-0.2, 0) is 4.79 Å². The number of carbonyl (C=O) groups is 1. The van der Waals surface area contributed by atoms with Crippen LogP contribution in [0.25, 0.3) is 11.6 Å². The number of ether oxygens (including phenoxy) is 1. The van der Waals surface area contributed by atoms with Crippen LogP contribution in [0.2, 0.25) is 0 Å². The number of aromatic hydroxyl groups is 1. The Morgan fingerprint density at radius 3 is 2.83 bits per heavy atom. The Balaban J connectivity index is 2.10. The van der Waals surface area contributed by atoms with Gasteiger partial charge in [-0.2, -0.15) is 0 Å². The van der Waals surface area contributed by atoms with Gasteiger partial charge in [-0.05, 0) is 55.3 Å². The standard InChI is InChI=1S/C18H16BrNO3/c1-3-23-16-9-11(4-7-15(16)21)8-12-17-10(2)13(19)5-6-14(17)20-18(12)22/h4-9,21H,3H2,1-2H3,(H,20,22). The fraction of sp³-hybridized carbons (Fsp3) is 0.167. The van der Waals surface area contributed by atoms with Gasteiger partial charge in [0.2, 0.25) is 0 Å². The van der Waals surface area contributed by atoms with Gasteiger partial charge in [-0.15, -0.1) is 0 Å². The molecule has 0 radical (unpaired) electrons. The molecule has 2 aromatic rings. The van der Waals surface area contributed by atoms with Crippen LogP contribution in [0.4, 0.5) is 5.69 Å². The van der Waals surface area contributed by atoms with Crippen molar-refractivity contribution < 1.29 is 14.6 Å². The van der Waals surface area contributed by atoms with Crippen molar-refractivity contribution in [2.24, 2.45) is 0 Å². The van der Waals surface area contributed by atoms with Crippen molar-refractivity contribution in [2.45, 2.75) is 13.8 Å². The first-order chi connectivity index (χ1) is 11.0. The van der Waals surface area contributed by atoms with Crippen LogP contribution in [0.5, 0.6) is 11.5 Å². The Labute approximate surface area is 142 Å². The second-order valence-electron chi connectivity index (χ2n) is 5.27. The summed E-state index contributed by atoms with van der Waals surface area (Å²) < 4.78 is 6.35. The number of phenolic OH excluding ortho intramolecular Hbond substituents is 1. The molecule has 1 heterocycles. The number of amides is 1. The molecule has 0 spiro atoms. The van der Waals surface area contributed by atoms with Crippen molar-refractivity contribution >= 4 is 39.2 Å². The SMILES string of the molecule is CCOc1cc(C=C2C(=O)Nc3ccc(Br)c(C)c32)ccc1O. The van der Waals surface area contributed by atoms with Crippen molar-refractivity contribution in [1.29, 1.82) is 0 Å². The molecule has 3 rings (SSSR count). The summed E-state index contributed by atoms with van der Waals surface area (Å²) in [6.45, 7) is 4.29. The molecule has 0 fully saturated rings. The number of nitrogens with one attached hydrogen (secondary N) is 1. The van der Waals surface area contributed by atoms with E-state index in [0.717, 1.165) is 26.9 Å². The predicted molar refractivity (Wildman–Crippen MR) is 94.7 cm³/mol. The van der Waals surface area contributed by atoms with Crippen molar-refractivity contribution in [3.05, 3.63) is 51.5 Å². The van der Waals surface area contributed by atoms with Gasteiger partial charge in [0, 0.05) is 21.3 Å². The Kier molecular flexibility index (Phi) is 4.13.